The van der Waals surface area contributed by atoms with E-state index in [1.807, 2.05) is 53.9 Å². The molecular weight excluding hydrogens is 360 g/mol. The van der Waals surface area contributed by atoms with Gasteiger partial charge in [-0.2, -0.15) is 0 Å². The van der Waals surface area contributed by atoms with Gasteiger partial charge in [-0.1, -0.05) is 66.2 Å². The molecule has 0 spiro atoms. The number of allylic oxidation sites excluding steroid dienone is 4. The molecular formula is C18H13ClN2OS2. The summed E-state index contributed by atoms with van der Waals surface area (Å²) in [5, 5.41) is 6.21. The Bertz CT molecular complexity index is 870. The molecule has 2 unspecified atom stereocenters. The highest BCUT2D eigenvalue weighted by Crippen LogP contribution is 2.47. The van der Waals surface area contributed by atoms with Crippen molar-refractivity contribution in [2.45, 2.75) is 5.25 Å². The summed E-state index contributed by atoms with van der Waals surface area (Å²) >= 11 is 9.33. The fourth-order valence-electron chi connectivity index (χ4n) is 2.66. The van der Waals surface area contributed by atoms with E-state index in [0.717, 1.165) is 11.3 Å². The van der Waals surface area contributed by atoms with Gasteiger partial charge in [-0.15, -0.1) is 23.1 Å². The Kier molecular flexibility index (Phi) is 4.31. The number of rotatable bonds is 3. The van der Waals surface area contributed by atoms with Crippen LogP contribution in [-0.4, -0.2) is 16.1 Å². The molecule has 1 aliphatic heterocycles. The van der Waals surface area contributed by atoms with E-state index in [9.17, 15) is 4.79 Å². The predicted molar refractivity (Wildman–Crippen MR) is 102 cm³/mol. The van der Waals surface area contributed by atoms with Crippen LogP contribution in [0.25, 0.3) is 11.3 Å². The van der Waals surface area contributed by atoms with Gasteiger partial charge in [0.05, 0.1) is 10.6 Å². The summed E-state index contributed by atoms with van der Waals surface area (Å²) in [4.78, 5) is 17.6. The summed E-state index contributed by atoms with van der Waals surface area (Å²) in [6, 6.07) is 9.89. The molecule has 1 aromatic heterocycles. The summed E-state index contributed by atoms with van der Waals surface area (Å²) in [5.41, 5.74) is 1.89. The molecule has 3 nitrogen and oxygen atoms in total. The Morgan fingerprint density at radius 3 is 2.75 bits per heavy atom. The first-order chi connectivity index (χ1) is 11.7. The van der Waals surface area contributed by atoms with Crippen LogP contribution in [0, 0.1) is 5.92 Å². The number of hydrogen-bond acceptors (Lipinski definition) is 4. The van der Waals surface area contributed by atoms with Crippen molar-refractivity contribution in [1.29, 1.82) is 0 Å². The molecule has 2 aliphatic rings. The van der Waals surface area contributed by atoms with Gasteiger partial charge in [0.25, 0.3) is 5.91 Å². The number of halogens is 1. The Morgan fingerprint density at radius 1 is 1.17 bits per heavy atom. The third-order valence-corrected chi connectivity index (χ3v) is 6.52. The van der Waals surface area contributed by atoms with Crippen molar-refractivity contribution in [3.05, 3.63) is 70.0 Å². The first-order valence-corrected chi connectivity index (χ1v) is 9.60. The second kappa shape index (κ2) is 6.59. The third kappa shape index (κ3) is 2.95. The lowest BCUT2D eigenvalue weighted by Crippen LogP contribution is -2.12. The molecule has 24 heavy (non-hydrogen) atoms. The van der Waals surface area contributed by atoms with E-state index in [4.69, 9.17) is 11.6 Å². The number of hydrogen-bond donors (Lipinski definition) is 1. The highest BCUT2D eigenvalue weighted by atomic mass is 35.5. The number of anilines is 1. The van der Waals surface area contributed by atoms with Gasteiger partial charge in [0.1, 0.15) is 0 Å². The Morgan fingerprint density at radius 2 is 1.96 bits per heavy atom. The fraction of sp³-hybridized carbons (Fsp3) is 0.111. The number of thioether (sulfide) groups is 1. The largest absolute Gasteiger partial charge is 0.297 e. The number of benzene rings is 1. The molecule has 120 valence electrons. The Hall–Kier alpha value is -1.82. The maximum absolute atomic E-state index is 12.6. The molecule has 0 saturated carbocycles. The number of aromatic nitrogens is 1. The topological polar surface area (TPSA) is 42.0 Å². The minimum absolute atomic E-state index is 0.0959. The van der Waals surface area contributed by atoms with Gasteiger partial charge in [0, 0.05) is 27.1 Å². The van der Waals surface area contributed by atoms with E-state index in [1.54, 1.807) is 0 Å². The summed E-state index contributed by atoms with van der Waals surface area (Å²) in [7, 11) is 0. The molecule has 6 heteroatoms. The number of fused-ring (bicyclic) bond motifs is 1. The van der Waals surface area contributed by atoms with Crippen molar-refractivity contribution in [1.82, 2.24) is 4.98 Å². The highest BCUT2D eigenvalue weighted by Gasteiger charge is 2.35. The quantitative estimate of drug-likeness (QED) is 0.819. The van der Waals surface area contributed by atoms with Crippen molar-refractivity contribution >= 4 is 45.7 Å². The molecule has 0 fully saturated rings. The lowest BCUT2D eigenvalue weighted by Gasteiger charge is -2.14. The van der Waals surface area contributed by atoms with Gasteiger partial charge in [-0.3, -0.25) is 10.1 Å². The lowest BCUT2D eigenvalue weighted by atomic mass is 10.00. The first kappa shape index (κ1) is 15.7. The van der Waals surface area contributed by atoms with Crippen LogP contribution in [0.2, 0.25) is 0 Å². The minimum Gasteiger partial charge on any atom is -0.297 e. The number of carbonyl (C=O) groups is 1. The average molecular weight is 373 g/mol. The highest BCUT2D eigenvalue weighted by molar-refractivity contribution is 8.05. The Labute approximate surface area is 153 Å². The van der Waals surface area contributed by atoms with Crippen LogP contribution >= 0.6 is 34.7 Å². The van der Waals surface area contributed by atoms with Crippen LogP contribution in [-0.2, 0) is 4.79 Å². The molecule has 1 aromatic carbocycles. The lowest BCUT2D eigenvalue weighted by molar-refractivity contribution is -0.112. The number of carbonyl (C=O) groups excluding carboxylic acids is 1. The Balaban J connectivity index is 1.51. The van der Waals surface area contributed by atoms with Crippen LogP contribution in [0.1, 0.15) is 0 Å². The molecule has 2 atom stereocenters. The van der Waals surface area contributed by atoms with E-state index in [-0.39, 0.29) is 17.1 Å². The van der Waals surface area contributed by atoms with Crippen LogP contribution in [0.15, 0.2) is 70.0 Å². The van der Waals surface area contributed by atoms with Crippen LogP contribution in [0.5, 0.6) is 0 Å². The van der Waals surface area contributed by atoms with E-state index < -0.39 is 0 Å². The summed E-state index contributed by atoms with van der Waals surface area (Å²) in [6.45, 7) is 0. The molecule has 0 radical (unpaired) electrons. The molecule has 1 amide bonds. The molecule has 2 heterocycles. The molecule has 4 rings (SSSR count). The summed E-state index contributed by atoms with van der Waals surface area (Å²) in [5.74, 6) is -0.0891. The van der Waals surface area contributed by atoms with E-state index in [0.29, 0.717) is 15.1 Å². The minimum atomic E-state index is -0.185. The molecule has 1 aliphatic carbocycles. The van der Waals surface area contributed by atoms with Crippen molar-refractivity contribution in [3.8, 4) is 11.3 Å². The SMILES string of the molecule is O=C(Nc1nc(-c2ccccc2)cs1)C1=C(Cl)C2C=CC=CC2S1. The van der Waals surface area contributed by atoms with Crippen molar-refractivity contribution in [2.75, 3.05) is 5.32 Å². The van der Waals surface area contributed by atoms with E-state index in [1.165, 1.54) is 23.1 Å². The van der Waals surface area contributed by atoms with E-state index in [2.05, 4.69) is 16.4 Å². The van der Waals surface area contributed by atoms with Crippen molar-refractivity contribution in [3.63, 3.8) is 0 Å². The number of thiazole rings is 1. The fourth-order valence-corrected chi connectivity index (χ4v) is 5.10. The summed E-state index contributed by atoms with van der Waals surface area (Å²) in [6.07, 6.45) is 8.08. The van der Waals surface area contributed by atoms with Gasteiger partial charge in [0.15, 0.2) is 5.13 Å². The number of amides is 1. The molecule has 0 bridgehead atoms. The average Bonchev–Trinajstić information content (AvgIpc) is 3.21. The normalized spacial score (nSPS) is 21.9. The third-order valence-electron chi connectivity index (χ3n) is 3.85. The van der Waals surface area contributed by atoms with Crippen molar-refractivity contribution < 1.29 is 4.79 Å². The standard InChI is InChI=1S/C18H13ClN2OS2/c19-15-12-8-4-5-9-14(12)24-16(15)17(22)21-18-20-13(10-23-18)11-6-2-1-3-7-11/h1-10,12,14H,(H,20,21,22). The second-order valence-electron chi connectivity index (χ2n) is 5.41. The van der Waals surface area contributed by atoms with Gasteiger partial charge >= 0.3 is 0 Å². The molecule has 0 saturated heterocycles. The zero-order valence-electron chi connectivity index (χ0n) is 12.5. The van der Waals surface area contributed by atoms with E-state index >= 15 is 0 Å². The zero-order valence-corrected chi connectivity index (χ0v) is 14.9. The number of nitrogens with zero attached hydrogens (tertiary/aromatic N) is 1. The van der Waals surface area contributed by atoms with Crippen LogP contribution in [0.3, 0.4) is 0 Å². The zero-order chi connectivity index (χ0) is 16.5. The van der Waals surface area contributed by atoms with Gasteiger partial charge in [-0.25, -0.2) is 4.98 Å². The van der Waals surface area contributed by atoms with Crippen molar-refractivity contribution in [2.24, 2.45) is 5.92 Å². The van der Waals surface area contributed by atoms with Gasteiger partial charge < -0.3 is 0 Å². The molecule has 1 N–H and O–H groups in total. The first-order valence-electron chi connectivity index (χ1n) is 7.46. The monoisotopic (exact) mass is 372 g/mol. The second-order valence-corrected chi connectivity index (χ2v) is 7.87. The predicted octanol–water partition coefficient (Wildman–Crippen LogP) is 5.06. The van der Waals surface area contributed by atoms with Gasteiger partial charge in [-0.05, 0) is 0 Å². The maximum Gasteiger partial charge on any atom is 0.265 e. The number of nitrogens with one attached hydrogen (secondary N) is 1. The van der Waals surface area contributed by atoms with Crippen LogP contribution in [0.4, 0.5) is 5.13 Å². The van der Waals surface area contributed by atoms with Crippen LogP contribution < -0.4 is 5.32 Å². The smallest absolute Gasteiger partial charge is 0.265 e. The van der Waals surface area contributed by atoms with Gasteiger partial charge in [0.2, 0.25) is 0 Å². The molecule has 2 aromatic rings. The maximum atomic E-state index is 12.6. The summed E-state index contributed by atoms with van der Waals surface area (Å²) < 4.78 is 0.